The van der Waals surface area contributed by atoms with Crippen LogP contribution in [0.3, 0.4) is 0 Å². The summed E-state index contributed by atoms with van der Waals surface area (Å²) in [4.78, 5) is 13.7. The number of benzene rings is 1. The van der Waals surface area contributed by atoms with Crippen molar-refractivity contribution in [2.75, 3.05) is 5.75 Å². The van der Waals surface area contributed by atoms with Crippen LogP contribution in [0.4, 0.5) is 0 Å². The maximum absolute atomic E-state index is 4.67. The molecule has 0 bridgehead atoms. The Morgan fingerprint density at radius 2 is 2.00 bits per heavy atom. The van der Waals surface area contributed by atoms with Gasteiger partial charge in [0, 0.05) is 11.8 Å². The van der Waals surface area contributed by atoms with Gasteiger partial charge in [0.15, 0.2) is 5.16 Å². The quantitative estimate of drug-likeness (QED) is 0.529. The fraction of sp³-hybridized carbons (Fsp3) is 0.312. The Kier molecular flexibility index (Phi) is 4.20. The number of fused-ring (bicyclic) bond motifs is 1. The SMILES string of the molecule is CCCc1cc(-n2cnc3ccccc32)nc(SCC)n1. The molecule has 0 atom stereocenters. The predicted molar refractivity (Wildman–Crippen MR) is 87.1 cm³/mol. The van der Waals surface area contributed by atoms with E-state index < -0.39 is 0 Å². The number of aromatic nitrogens is 4. The second-order valence-electron chi connectivity index (χ2n) is 4.79. The second-order valence-corrected chi connectivity index (χ2v) is 6.02. The normalized spacial score (nSPS) is 11.1. The summed E-state index contributed by atoms with van der Waals surface area (Å²) in [6.07, 6.45) is 3.89. The molecule has 2 aromatic heterocycles. The maximum Gasteiger partial charge on any atom is 0.189 e. The molecule has 0 aliphatic rings. The molecule has 1 aromatic carbocycles. The summed E-state index contributed by atoms with van der Waals surface area (Å²) in [5, 5.41) is 0.844. The molecule has 0 N–H and O–H groups in total. The van der Waals surface area contributed by atoms with Crippen LogP contribution in [0.5, 0.6) is 0 Å². The van der Waals surface area contributed by atoms with E-state index in [4.69, 9.17) is 0 Å². The van der Waals surface area contributed by atoms with Gasteiger partial charge in [0.05, 0.1) is 11.0 Å². The average molecular weight is 298 g/mol. The Bertz CT molecular complexity index is 727. The summed E-state index contributed by atoms with van der Waals surface area (Å²) in [6, 6.07) is 10.2. The van der Waals surface area contributed by atoms with E-state index in [1.807, 2.05) is 29.1 Å². The van der Waals surface area contributed by atoms with E-state index >= 15 is 0 Å². The van der Waals surface area contributed by atoms with E-state index in [2.05, 4.69) is 40.9 Å². The highest BCUT2D eigenvalue weighted by Crippen LogP contribution is 2.20. The fourth-order valence-electron chi connectivity index (χ4n) is 2.30. The second kappa shape index (κ2) is 6.26. The van der Waals surface area contributed by atoms with Gasteiger partial charge in [-0.2, -0.15) is 0 Å². The maximum atomic E-state index is 4.67. The summed E-state index contributed by atoms with van der Waals surface area (Å²) >= 11 is 1.68. The molecular weight excluding hydrogens is 280 g/mol. The van der Waals surface area contributed by atoms with Crippen molar-refractivity contribution in [2.45, 2.75) is 31.8 Å². The molecule has 0 saturated carbocycles. The van der Waals surface area contributed by atoms with Gasteiger partial charge in [-0.15, -0.1) is 0 Å². The first-order valence-corrected chi connectivity index (χ1v) is 8.23. The molecule has 5 heteroatoms. The lowest BCUT2D eigenvalue weighted by Gasteiger charge is -2.08. The highest BCUT2D eigenvalue weighted by Gasteiger charge is 2.09. The topological polar surface area (TPSA) is 43.6 Å². The van der Waals surface area contributed by atoms with E-state index in [1.165, 1.54) is 0 Å². The standard InChI is InChI=1S/C16H18N4S/c1-3-7-12-10-15(19-16(18-12)21-4-2)20-11-17-13-8-5-6-9-14(13)20/h5-6,8-11H,3-4,7H2,1-2H3. The molecule has 2 heterocycles. The summed E-state index contributed by atoms with van der Waals surface area (Å²) in [6.45, 7) is 4.29. The number of aryl methyl sites for hydroxylation is 1. The number of hydrogen-bond acceptors (Lipinski definition) is 4. The van der Waals surface area contributed by atoms with Crippen molar-refractivity contribution in [3.05, 3.63) is 42.4 Å². The van der Waals surface area contributed by atoms with Crippen LogP contribution in [0.1, 0.15) is 26.0 Å². The van der Waals surface area contributed by atoms with Crippen molar-refractivity contribution in [1.29, 1.82) is 0 Å². The number of nitrogens with zero attached hydrogens (tertiary/aromatic N) is 4. The Labute approximate surface area is 128 Å². The van der Waals surface area contributed by atoms with E-state index in [0.717, 1.165) is 46.3 Å². The first kappa shape index (κ1) is 14.1. The van der Waals surface area contributed by atoms with Gasteiger partial charge in [0.1, 0.15) is 12.1 Å². The van der Waals surface area contributed by atoms with Crippen LogP contribution in [0, 0.1) is 0 Å². The van der Waals surface area contributed by atoms with Crippen molar-refractivity contribution in [1.82, 2.24) is 19.5 Å². The van der Waals surface area contributed by atoms with Crippen molar-refractivity contribution < 1.29 is 0 Å². The van der Waals surface area contributed by atoms with Crippen molar-refractivity contribution in [3.63, 3.8) is 0 Å². The Hall–Kier alpha value is -1.88. The minimum atomic E-state index is 0.844. The van der Waals surface area contributed by atoms with Crippen LogP contribution in [-0.4, -0.2) is 25.3 Å². The zero-order chi connectivity index (χ0) is 14.7. The monoisotopic (exact) mass is 298 g/mol. The molecule has 0 aliphatic carbocycles. The van der Waals surface area contributed by atoms with Crippen molar-refractivity contribution >= 4 is 22.8 Å². The third-order valence-corrected chi connectivity index (χ3v) is 3.95. The molecule has 0 fully saturated rings. The summed E-state index contributed by atoms with van der Waals surface area (Å²) in [5.74, 6) is 1.87. The molecule has 0 radical (unpaired) electrons. The number of hydrogen-bond donors (Lipinski definition) is 0. The molecule has 0 aliphatic heterocycles. The van der Waals surface area contributed by atoms with Crippen LogP contribution in [0.2, 0.25) is 0 Å². The van der Waals surface area contributed by atoms with Crippen LogP contribution in [-0.2, 0) is 6.42 Å². The van der Waals surface area contributed by atoms with Gasteiger partial charge in [0.25, 0.3) is 0 Å². The van der Waals surface area contributed by atoms with Gasteiger partial charge in [-0.1, -0.05) is 44.2 Å². The van der Waals surface area contributed by atoms with E-state index in [0.29, 0.717) is 0 Å². The summed E-state index contributed by atoms with van der Waals surface area (Å²) in [5.41, 5.74) is 3.15. The summed E-state index contributed by atoms with van der Waals surface area (Å²) < 4.78 is 2.04. The molecule has 3 rings (SSSR count). The van der Waals surface area contributed by atoms with Crippen LogP contribution >= 0.6 is 11.8 Å². The van der Waals surface area contributed by atoms with Gasteiger partial charge in [-0.05, 0) is 24.3 Å². The fourth-order valence-corrected chi connectivity index (χ4v) is 2.90. The molecule has 4 nitrogen and oxygen atoms in total. The predicted octanol–water partition coefficient (Wildman–Crippen LogP) is 3.88. The number of thioether (sulfide) groups is 1. The Morgan fingerprint density at radius 3 is 2.81 bits per heavy atom. The Morgan fingerprint density at radius 1 is 1.14 bits per heavy atom. The van der Waals surface area contributed by atoms with Gasteiger partial charge in [-0.25, -0.2) is 15.0 Å². The molecular formula is C16H18N4S. The molecule has 0 spiro atoms. The van der Waals surface area contributed by atoms with Crippen LogP contribution in [0.15, 0.2) is 41.8 Å². The zero-order valence-electron chi connectivity index (χ0n) is 12.3. The lowest BCUT2D eigenvalue weighted by molar-refractivity contribution is 0.809. The first-order valence-electron chi connectivity index (χ1n) is 7.25. The van der Waals surface area contributed by atoms with Crippen LogP contribution < -0.4 is 0 Å². The average Bonchev–Trinajstić information content (AvgIpc) is 2.92. The highest BCUT2D eigenvalue weighted by atomic mass is 32.2. The number of imidazole rings is 1. The third-order valence-electron chi connectivity index (χ3n) is 3.23. The molecule has 0 saturated heterocycles. The van der Waals surface area contributed by atoms with Crippen molar-refractivity contribution in [3.8, 4) is 5.82 Å². The van der Waals surface area contributed by atoms with E-state index in [9.17, 15) is 0 Å². The van der Waals surface area contributed by atoms with Crippen LogP contribution in [0.25, 0.3) is 16.9 Å². The molecule has 0 amide bonds. The molecule has 3 aromatic rings. The van der Waals surface area contributed by atoms with Gasteiger partial charge >= 0.3 is 0 Å². The molecule has 0 unspecified atom stereocenters. The zero-order valence-corrected chi connectivity index (χ0v) is 13.1. The smallest absolute Gasteiger partial charge is 0.189 e. The highest BCUT2D eigenvalue weighted by molar-refractivity contribution is 7.99. The molecule has 108 valence electrons. The number of rotatable bonds is 5. The Balaban J connectivity index is 2.11. The van der Waals surface area contributed by atoms with E-state index in [-0.39, 0.29) is 0 Å². The van der Waals surface area contributed by atoms with Gasteiger partial charge in [0.2, 0.25) is 0 Å². The summed E-state index contributed by atoms with van der Waals surface area (Å²) in [7, 11) is 0. The minimum absolute atomic E-state index is 0.844. The largest absolute Gasteiger partial charge is 0.283 e. The lowest BCUT2D eigenvalue weighted by Crippen LogP contribution is -2.02. The van der Waals surface area contributed by atoms with Crippen molar-refractivity contribution in [2.24, 2.45) is 0 Å². The minimum Gasteiger partial charge on any atom is -0.283 e. The third kappa shape index (κ3) is 2.93. The van der Waals surface area contributed by atoms with E-state index in [1.54, 1.807) is 11.8 Å². The molecule has 21 heavy (non-hydrogen) atoms. The van der Waals surface area contributed by atoms with Gasteiger partial charge < -0.3 is 0 Å². The first-order chi connectivity index (χ1) is 10.3. The lowest BCUT2D eigenvalue weighted by atomic mass is 10.2. The number of para-hydroxylation sites is 2. The van der Waals surface area contributed by atoms with Gasteiger partial charge in [-0.3, -0.25) is 4.57 Å².